The number of hydrogen-bond donors (Lipinski definition) is 3. The number of carbonyl (C=O) groups excluding carboxylic acids is 2. The number of aromatic nitrogens is 1. The molecular formula is C12H17ClN4O2. The number of anilines is 1. The van der Waals surface area contributed by atoms with E-state index in [1.165, 1.54) is 12.3 Å². The number of primary amides is 1. The van der Waals surface area contributed by atoms with Crippen LogP contribution in [0.15, 0.2) is 12.3 Å². The molecule has 104 valence electrons. The minimum Gasteiger partial charge on any atom is -0.372 e. The van der Waals surface area contributed by atoms with Crippen molar-refractivity contribution in [3.63, 3.8) is 0 Å². The van der Waals surface area contributed by atoms with Gasteiger partial charge in [0, 0.05) is 13.2 Å². The lowest BCUT2D eigenvalue weighted by atomic mass is 10.0. The second kappa shape index (κ2) is 6.38. The first-order chi connectivity index (χ1) is 8.86. The van der Waals surface area contributed by atoms with Crippen molar-refractivity contribution in [2.75, 3.05) is 12.4 Å². The minimum absolute atomic E-state index is 0.0959. The molecule has 2 amide bonds. The summed E-state index contributed by atoms with van der Waals surface area (Å²) in [5.41, 5.74) is 5.51. The Labute approximate surface area is 116 Å². The molecule has 7 heteroatoms. The first-order valence-electron chi connectivity index (χ1n) is 5.80. The van der Waals surface area contributed by atoms with Crippen LogP contribution >= 0.6 is 11.6 Å². The van der Waals surface area contributed by atoms with Crippen molar-refractivity contribution >= 4 is 29.2 Å². The van der Waals surface area contributed by atoms with Crippen molar-refractivity contribution in [1.82, 2.24) is 10.3 Å². The standard InChI is InChI=1S/C12H17ClN4O2/c1-6(2)9(10(14)18)17-12(19)7-4-8(13)11(15-3)16-5-7/h4-6,9H,1-3H3,(H2,14,18)(H,15,16)(H,17,19). The van der Waals surface area contributed by atoms with E-state index >= 15 is 0 Å². The van der Waals surface area contributed by atoms with Gasteiger partial charge in [0.2, 0.25) is 5.91 Å². The molecule has 1 aromatic heterocycles. The second-order valence-electron chi connectivity index (χ2n) is 4.40. The van der Waals surface area contributed by atoms with Gasteiger partial charge in [-0.15, -0.1) is 0 Å². The van der Waals surface area contributed by atoms with Gasteiger partial charge in [0.15, 0.2) is 0 Å². The van der Waals surface area contributed by atoms with Gasteiger partial charge in [-0.3, -0.25) is 9.59 Å². The number of amides is 2. The van der Waals surface area contributed by atoms with Crippen molar-refractivity contribution in [3.05, 3.63) is 22.8 Å². The number of hydrogen-bond acceptors (Lipinski definition) is 4. The highest BCUT2D eigenvalue weighted by Gasteiger charge is 2.22. The molecule has 6 nitrogen and oxygen atoms in total. The number of pyridine rings is 1. The third-order valence-electron chi connectivity index (χ3n) is 2.60. The van der Waals surface area contributed by atoms with Gasteiger partial charge in [0.25, 0.3) is 5.91 Å². The van der Waals surface area contributed by atoms with Gasteiger partial charge in [0.1, 0.15) is 11.9 Å². The van der Waals surface area contributed by atoms with Crippen molar-refractivity contribution < 1.29 is 9.59 Å². The molecule has 1 rings (SSSR count). The Hall–Kier alpha value is -1.82. The number of nitrogens with two attached hydrogens (primary N) is 1. The lowest BCUT2D eigenvalue weighted by molar-refractivity contribution is -0.120. The van der Waals surface area contributed by atoms with E-state index in [4.69, 9.17) is 17.3 Å². The summed E-state index contributed by atoms with van der Waals surface area (Å²) in [5.74, 6) is -0.626. The molecule has 1 aromatic rings. The van der Waals surface area contributed by atoms with E-state index in [1.807, 2.05) is 0 Å². The van der Waals surface area contributed by atoms with Crippen LogP contribution in [0.2, 0.25) is 5.02 Å². The largest absolute Gasteiger partial charge is 0.372 e. The molecule has 0 fully saturated rings. The highest BCUT2D eigenvalue weighted by atomic mass is 35.5. The van der Waals surface area contributed by atoms with Crippen LogP contribution < -0.4 is 16.4 Å². The fourth-order valence-corrected chi connectivity index (χ4v) is 1.80. The van der Waals surface area contributed by atoms with Crippen LogP contribution in [-0.4, -0.2) is 29.9 Å². The summed E-state index contributed by atoms with van der Waals surface area (Å²) in [6.45, 7) is 3.59. The maximum Gasteiger partial charge on any atom is 0.253 e. The van der Waals surface area contributed by atoms with Crippen LogP contribution in [0.3, 0.4) is 0 Å². The summed E-state index contributed by atoms with van der Waals surface area (Å²) in [7, 11) is 1.68. The molecule has 0 aliphatic rings. The molecule has 0 aromatic carbocycles. The molecule has 0 spiro atoms. The first-order valence-corrected chi connectivity index (χ1v) is 6.18. The molecule has 0 aliphatic carbocycles. The highest BCUT2D eigenvalue weighted by molar-refractivity contribution is 6.33. The summed E-state index contributed by atoms with van der Waals surface area (Å²) >= 11 is 5.94. The fraction of sp³-hybridized carbons (Fsp3) is 0.417. The van der Waals surface area contributed by atoms with Gasteiger partial charge in [-0.05, 0) is 12.0 Å². The van der Waals surface area contributed by atoms with Crippen molar-refractivity contribution in [3.8, 4) is 0 Å². The molecular weight excluding hydrogens is 268 g/mol. The monoisotopic (exact) mass is 284 g/mol. The van der Waals surface area contributed by atoms with Gasteiger partial charge in [0.05, 0.1) is 10.6 Å². The van der Waals surface area contributed by atoms with E-state index in [2.05, 4.69) is 15.6 Å². The molecule has 1 heterocycles. The lowest BCUT2D eigenvalue weighted by Crippen LogP contribution is -2.47. The van der Waals surface area contributed by atoms with Gasteiger partial charge < -0.3 is 16.4 Å². The smallest absolute Gasteiger partial charge is 0.253 e. The van der Waals surface area contributed by atoms with E-state index in [1.54, 1.807) is 20.9 Å². The number of nitrogens with zero attached hydrogens (tertiary/aromatic N) is 1. The van der Waals surface area contributed by atoms with Crippen LogP contribution in [0.4, 0.5) is 5.82 Å². The SMILES string of the molecule is CNc1ncc(C(=O)NC(C(N)=O)C(C)C)cc1Cl. The Morgan fingerprint density at radius 1 is 1.42 bits per heavy atom. The zero-order valence-electron chi connectivity index (χ0n) is 11.0. The third-order valence-corrected chi connectivity index (χ3v) is 2.89. The summed E-state index contributed by atoms with van der Waals surface area (Å²) in [6.07, 6.45) is 1.38. The third kappa shape index (κ3) is 3.82. The Kier molecular flexibility index (Phi) is 5.11. The topological polar surface area (TPSA) is 97.1 Å². The second-order valence-corrected chi connectivity index (χ2v) is 4.81. The zero-order chi connectivity index (χ0) is 14.6. The van der Waals surface area contributed by atoms with Crippen molar-refractivity contribution in [1.29, 1.82) is 0 Å². The summed E-state index contributed by atoms with van der Waals surface area (Å²) in [6, 6.07) is 0.754. The van der Waals surface area contributed by atoms with Crippen molar-refractivity contribution in [2.45, 2.75) is 19.9 Å². The van der Waals surface area contributed by atoms with E-state index in [0.29, 0.717) is 10.8 Å². The molecule has 1 atom stereocenters. The molecule has 0 radical (unpaired) electrons. The quantitative estimate of drug-likeness (QED) is 0.752. The normalized spacial score (nSPS) is 12.1. The van der Waals surface area contributed by atoms with E-state index < -0.39 is 17.9 Å². The molecule has 19 heavy (non-hydrogen) atoms. The Balaban J connectivity index is 2.89. The predicted molar refractivity (Wildman–Crippen MR) is 74.1 cm³/mol. The molecule has 0 saturated carbocycles. The lowest BCUT2D eigenvalue weighted by Gasteiger charge is -2.18. The minimum atomic E-state index is -0.727. The van der Waals surface area contributed by atoms with Gasteiger partial charge in [-0.2, -0.15) is 0 Å². The Morgan fingerprint density at radius 2 is 2.05 bits per heavy atom. The molecule has 0 aliphatic heterocycles. The Bertz CT molecular complexity index is 491. The number of rotatable bonds is 5. The summed E-state index contributed by atoms with van der Waals surface area (Å²) < 4.78 is 0. The van der Waals surface area contributed by atoms with E-state index in [-0.39, 0.29) is 11.5 Å². The van der Waals surface area contributed by atoms with Gasteiger partial charge in [-0.1, -0.05) is 25.4 Å². The van der Waals surface area contributed by atoms with Gasteiger partial charge >= 0.3 is 0 Å². The average molecular weight is 285 g/mol. The van der Waals surface area contributed by atoms with Crippen LogP contribution in [-0.2, 0) is 4.79 Å². The van der Waals surface area contributed by atoms with Gasteiger partial charge in [-0.25, -0.2) is 4.98 Å². The van der Waals surface area contributed by atoms with E-state index in [0.717, 1.165) is 0 Å². The van der Waals surface area contributed by atoms with Crippen LogP contribution in [0.5, 0.6) is 0 Å². The predicted octanol–water partition coefficient (Wildman–Crippen LogP) is 1.02. The van der Waals surface area contributed by atoms with E-state index in [9.17, 15) is 9.59 Å². The maximum absolute atomic E-state index is 12.0. The average Bonchev–Trinajstić information content (AvgIpc) is 2.34. The summed E-state index contributed by atoms with van der Waals surface area (Å²) in [5, 5.41) is 5.68. The maximum atomic E-state index is 12.0. The number of halogens is 1. The fourth-order valence-electron chi connectivity index (χ4n) is 1.54. The van der Waals surface area contributed by atoms with Crippen LogP contribution in [0.25, 0.3) is 0 Å². The molecule has 0 saturated heterocycles. The van der Waals surface area contributed by atoms with Crippen molar-refractivity contribution in [2.24, 2.45) is 11.7 Å². The first kappa shape index (κ1) is 15.2. The summed E-state index contributed by atoms with van der Waals surface area (Å²) in [4.78, 5) is 27.2. The van der Waals surface area contributed by atoms with Crippen LogP contribution in [0.1, 0.15) is 24.2 Å². The number of carbonyl (C=O) groups is 2. The Morgan fingerprint density at radius 3 is 2.47 bits per heavy atom. The highest BCUT2D eigenvalue weighted by Crippen LogP contribution is 2.19. The molecule has 1 unspecified atom stereocenters. The molecule has 4 N–H and O–H groups in total. The zero-order valence-corrected chi connectivity index (χ0v) is 11.8. The molecule has 0 bridgehead atoms. The van der Waals surface area contributed by atoms with Crippen LogP contribution in [0, 0.1) is 5.92 Å². The number of nitrogens with one attached hydrogen (secondary N) is 2.